The molecule has 0 spiro atoms. The largest absolute Gasteiger partial charge is 0.497 e. The van der Waals surface area contributed by atoms with Gasteiger partial charge in [-0.05, 0) is 62.4 Å². The van der Waals surface area contributed by atoms with Gasteiger partial charge in [0.15, 0.2) is 0 Å². The minimum absolute atomic E-state index is 0.340. The molecule has 0 aromatic heterocycles. The second-order valence-corrected chi connectivity index (χ2v) is 7.33. The van der Waals surface area contributed by atoms with Crippen molar-refractivity contribution in [1.82, 2.24) is 9.80 Å². The molecular formula is C20H30N2O3. The van der Waals surface area contributed by atoms with Crippen LogP contribution in [0.1, 0.15) is 43.8 Å². The van der Waals surface area contributed by atoms with E-state index in [2.05, 4.69) is 4.90 Å². The molecule has 2 fully saturated rings. The van der Waals surface area contributed by atoms with E-state index in [9.17, 15) is 9.90 Å². The van der Waals surface area contributed by atoms with Crippen LogP contribution < -0.4 is 4.74 Å². The first-order chi connectivity index (χ1) is 12.2. The van der Waals surface area contributed by atoms with Crippen molar-refractivity contribution in [2.45, 2.75) is 38.2 Å². The number of likely N-dealkylation sites (tertiary alicyclic amines) is 2. The van der Waals surface area contributed by atoms with E-state index in [1.807, 2.05) is 29.2 Å². The Labute approximate surface area is 150 Å². The van der Waals surface area contributed by atoms with E-state index in [-0.39, 0.29) is 0 Å². The third kappa shape index (κ3) is 4.95. The second-order valence-electron chi connectivity index (χ2n) is 7.33. The van der Waals surface area contributed by atoms with Crippen molar-refractivity contribution in [3.05, 3.63) is 29.8 Å². The number of β-amino-alcohol motifs (C(OH)–C–C–N with tert-alkyl or cyclic N) is 1. The number of amides is 1. The van der Waals surface area contributed by atoms with Crippen molar-refractivity contribution >= 4 is 5.91 Å². The number of piperidine rings is 1. The normalized spacial score (nSPS) is 20.6. The van der Waals surface area contributed by atoms with Crippen LogP contribution in [0, 0.1) is 5.92 Å². The molecule has 5 heteroatoms. The zero-order valence-corrected chi connectivity index (χ0v) is 15.2. The molecule has 5 nitrogen and oxygen atoms in total. The lowest BCUT2D eigenvalue weighted by Gasteiger charge is -2.33. The Kier molecular flexibility index (Phi) is 6.32. The molecule has 2 saturated heterocycles. The number of methoxy groups -OCH3 is 1. The predicted molar refractivity (Wildman–Crippen MR) is 97.5 cm³/mol. The van der Waals surface area contributed by atoms with Gasteiger partial charge in [0.25, 0.3) is 0 Å². The van der Waals surface area contributed by atoms with Crippen LogP contribution >= 0.6 is 0 Å². The van der Waals surface area contributed by atoms with Gasteiger partial charge in [0.05, 0.1) is 13.2 Å². The van der Waals surface area contributed by atoms with Crippen LogP contribution in [0.3, 0.4) is 0 Å². The van der Waals surface area contributed by atoms with E-state index in [0.29, 0.717) is 24.8 Å². The summed E-state index contributed by atoms with van der Waals surface area (Å²) in [7, 11) is 1.64. The quantitative estimate of drug-likeness (QED) is 0.860. The molecule has 25 heavy (non-hydrogen) atoms. The van der Waals surface area contributed by atoms with Crippen LogP contribution in [0.25, 0.3) is 0 Å². The van der Waals surface area contributed by atoms with Gasteiger partial charge in [-0.1, -0.05) is 12.1 Å². The number of carbonyl (C=O) groups excluding carboxylic acids is 1. The van der Waals surface area contributed by atoms with Crippen LogP contribution in [-0.2, 0) is 4.79 Å². The van der Waals surface area contributed by atoms with Crippen LogP contribution in [0.2, 0.25) is 0 Å². The SMILES string of the molecule is COc1cccc(C(O)CN2CCC(CC(=O)N3CCCC3)CC2)c1. The van der Waals surface area contributed by atoms with Gasteiger partial charge in [-0.25, -0.2) is 0 Å². The molecule has 1 atom stereocenters. The van der Waals surface area contributed by atoms with Gasteiger partial charge < -0.3 is 19.6 Å². The molecule has 1 aromatic rings. The van der Waals surface area contributed by atoms with E-state index < -0.39 is 6.10 Å². The first kappa shape index (κ1) is 18.2. The molecular weight excluding hydrogens is 316 g/mol. The van der Waals surface area contributed by atoms with Gasteiger partial charge in [-0.2, -0.15) is 0 Å². The minimum Gasteiger partial charge on any atom is -0.497 e. The van der Waals surface area contributed by atoms with Crippen molar-refractivity contribution in [2.75, 3.05) is 39.8 Å². The van der Waals surface area contributed by atoms with Crippen molar-refractivity contribution in [2.24, 2.45) is 5.92 Å². The fourth-order valence-corrected chi connectivity index (χ4v) is 3.91. The molecule has 2 aliphatic heterocycles. The average molecular weight is 346 g/mol. The average Bonchev–Trinajstić information content (AvgIpc) is 3.18. The van der Waals surface area contributed by atoms with Crippen molar-refractivity contribution < 1.29 is 14.6 Å². The van der Waals surface area contributed by atoms with Crippen LogP contribution in [0.4, 0.5) is 0 Å². The van der Waals surface area contributed by atoms with E-state index >= 15 is 0 Å². The Morgan fingerprint density at radius 2 is 1.96 bits per heavy atom. The smallest absolute Gasteiger partial charge is 0.222 e. The molecule has 1 aromatic carbocycles. The first-order valence-electron chi connectivity index (χ1n) is 9.48. The molecule has 0 radical (unpaired) electrons. The Balaban J connectivity index is 1.43. The highest BCUT2D eigenvalue weighted by Gasteiger charge is 2.26. The highest BCUT2D eigenvalue weighted by atomic mass is 16.5. The lowest BCUT2D eigenvalue weighted by molar-refractivity contribution is -0.131. The molecule has 0 saturated carbocycles. The molecule has 0 aliphatic carbocycles. The fraction of sp³-hybridized carbons (Fsp3) is 0.650. The number of aliphatic hydroxyl groups excluding tert-OH is 1. The molecule has 1 amide bonds. The highest BCUT2D eigenvalue weighted by molar-refractivity contribution is 5.76. The maximum atomic E-state index is 12.3. The summed E-state index contributed by atoms with van der Waals surface area (Å²) < 4.78 is 5.23. The van der Waals surface area contributed by atoms with Gasteiger partial charge in [0.2, 0.25) is 5.91 Å². The third-order valence-electron chi connectivity index (χ3n) is 5.54. The number of ether oxygens (including phenoxy) is 1. The molecule has 3 rings (SSSR count). The minimum atomic E-state index is -0.502. The first-order valence-corrected chi connectivity index (χ1v) is 9.48. The van der Waals surface area contributed by atoms with E-state index in [1.165, 1.54) is 0 Å². The predicted octanol–water partition coefficient (Wildman–Crippen LogP) is 2.45. The van der Waals surface area contributed by atoms with Gasteiger partial charge in [-0.15, -0.1) is 0 Å². The zero-order valence-electron chi connectivity index (χ0n) is 15.2. The number of carbonyl (C=O) groups is 1. The number of hydrogen-bond donors (Lipinski definition) is 1. The summed E-state index contributed by atoms with van der Waals surface area (Å²) in [6, 6.07) is 7.63. The Morgan fingerprint density at radius 1 is 1.24 bits per heavy atom. The molecule has 1 unspecified atom stereocenters. The molecule has 138 valence electrons. The summed E-state index contributed by atoms with van der Waals surface area (Å²) in [6.07, 6.45) is 4.61. The summed E-state index contributed by atoms with van der Waals surface area (Å²) in [5.41, 5.74) is 0.894. The second kappa shape index (κ2) is 8.68. The maximum Gasteiger partial charge on any atom is 0.222 e. The van der Waals surface area contributed by atoms with Gasteiger partial charge in [-0.3, -0.25) is 4.79 Å². The molecule has 2 heterocycles. The zero-order chi connectivity index (χ0) is 17.6. The lowest BCUT2D eigenvalue weighted by atomic mass is 9.92. The number of rotatable bonds is 6. The summed E-state index contributed by atoms with van der Waals surface area (Å²) in [5.74, 6) is 1.61. The summed E-state index contributed by atoms with van der Waals surface area (Å²) >= 11 is 0. The van der Waals surface area contributed by atoms with Gasteiger partial charge in [0, 0.05) is 26.1 Å². The van der Waals surface area contributed by atoms with Crippen molar-refractivity contribution in [3.8, 4) is 5.75 Å². The molecule has 1 N–H and O–H groups in total. The van der Waals surface area contributed by atoms with Crippen LogP contribution in [0.5, 0.6) is 5.75 Å². The molecule has 2 aliphatic rings. The van der Waals surface area contributed by atoms with Crippen molar-refractivity contribution in [1.29, 1.82) is 0 Å². The summed E-state index contributed by atoms with van der Waals surface area (Å²) in [4.78, 5) is 16.6. The van der Waals surface area contributed by atoms with Crippen LogP contribution in [-0.4, -0.2) is 60.6 Å². The fourth-order valence-electron chi connectivity index (χ4n) is 3.91. The number of hydrogen-bond acceptors (Lipinski definition) is 4. The number of aliphatic hydroxyl groups is 1. The Bertz CT molecular complexity index is 564. The maximum absolute atomic E-state index is 12.3. The standard InChI is InChI=1S/C20H30N2O3/c1-25-18-6-4-5-17(14-18)19(23)15-21-11-7-16(8-12-21)13-20(24)22-9-2-3-10-22/h4-6,14,16,19,23H,2-3,7-13,15H2,1H3. The van der Waals surface area contributed by atoms with Crippen LogP contribution in [0.15, 0.2) is 24.3 Å². The van der Waals surface area contributed by atoms with E-state index in [0.717, 1.165) is 63.2 Å². The van der Waals surface area contributed by atoms with E-state index in [1.54, 1.807) is 7.11 Å². The third-order valence-corrected chi connectivity index (χ3v) is 5.54. The monoisotopic (exact) mass is 346 g/mol. The lowest BCUT2D eigenvalue weighted by Crippen LogP contribution is -2.38. The van der Waals surface area contributed by atoms with E-state index in [4.69, 9.17) is 4.74 Å². The Morgan fingerprint density at radius 3 is 2.64 bits per heavy atom. The number of benzene rings is 1. The van der Waals surface area contributed by atoms with Gasteiger partial charge in [0.1, 0.15) is 5.75 Å². The van der Waals surface area contributed by atoms with Crippen molar-refractivity contribution in [3.63, 3.8) is 0 Å². The number of nitrogens with zero attached hydrogens (tertiary/aromatic N) is 2. The molecule has 0 bridgehead atoms. The Hall–Kier alpha value is -1.59. The highest BCUT2D eigenvalue weighted by Crippen LogP contribution is 2.25. The summed E-state index contributed by atoms with van der Waals surface area (Å²) in [6.45, 7) is 4.45. The topological polar surface area (TPSA) is 53.0 Å². The van der Waals surface area contributed by atoms with Gasteiger partial charge >= 0.3 is 0 Å². The summed E-state index contributed by atoms with van der Waals surface area (Å²) in [5, 5.41) is 10.5.